The van der Waals surface area contributed by atoms with Crippen LogP contribution in [0.3, 0.4) is 0 Å². The van der Waals surface area contributed by atoms with Crippen LogP contribution in [0.5, 0.6) is 0 Å². The minimum atomic E-state index is -0.195. The molecule has 2 N–H and O–H groups in total. The van der Waals surface area contributed by atoms with Crippen LogP contribution in [-0.2, 0) is 13.0 Å². The number of nitrogens with two attached hydrogens (primary N) is 1. The molecule has 0 amide bonds. The molecule has 0 spiro atoms. The third-order valence-corrected chi connectivity index (χ3v) is 3.36. The monoisotopic (exact) mass is 254 g/mol. The van der Waals surface area contributed by atoms with Crippen molar-refractivity contribution in [2.45, 2.75) is 13.0 Å². The van der Waals surface area contributed by atoms with Gasteiger partial charge in [-0.25, -0.2) is 4.39 Å². The Morgan fingerprint density at radius 1 is 1.00 bits per heavy atom. The lowest BCUT2D eigenvalue weighted by Crippen LogP contribution is -2.00. The summed E-state index contributed by atoms with van der Waals surface area (Å²) in [4.78, 5) is 0. The van der Waals surface area contributed by atoms with Crippen LogP contribution in [0.25, 0.3) is 10.9 Å². The Balaban J connectivity index is 1.81. The average Bonchev–Trinajstić information content (AvgIpc) is 2.80. The summed E-state index contributed by atoms with van der Waals surface area (Å²) in [6.45, 7) is 0.830. The van der Waals surface area contributed by atoms with Gasteiger partial charge in [0.05, 0.1) is 5.52 Å². The van der Waals surface area contributed by atoms with E-state index >= 15 is 0 Å². The van der Waals surface area contributed by atoms with Gasteiger partial charge < -0.3 is 10.3 Å². The molecule has 3 aromatic rings. The predicted octanol–water partition coefficient (Wildman–Crippen LogP) is 3.61. The maximum atomic E-state index is 13.3. The second kappa shape index (κ2) is 4.76. The Hall–Kier alpha value is -2.29. The molecule has 0 fully saturated rings. The van der Waals surface area contributed by atoms with Gasteiger partial charge in [0.2, 0.25) is 0 Å². The number of aryl methyl sites for hydroxylation is 2. The van der Waals surface area contributed by atoms with Gasteiger partial charge >= 0.3 is 0 Å². The van der Waals surface area contributed by atoms with Gasteiger partial charge in [-0.1, -0.05) is 12.1 Å². The summed E-state index contributed by atoms with van der Waals surface area (Å²) in [6, 6.07) is 14.8. The van der Waals surface area contributed by atoms with E-state index in [4.69, 9.17) is 5.73 Å². The molecular weight excluding hydrogens is 239 g/mol. The van der Waals surface area contributed by atoms with Crippen LogP contribution in [0.1, 0.15) is 5.56 Å². The van der Waals surface area contributed by atoms with E-state index < -0.39 is 0 Å². The highest BCUT2D eigenvalue weighted by atomic mass is 19.1. The fourth-order valence-corrected chi connectivity index (χ4v) is 2.29. The zero-order valence-corrected chi connectivity index (χ0v) is 10.5. The minimum absolute atomic E-state index is 0.195. The average molecular weight is 254 g/mol. The lowest BCUT2D eigenvalue weighted by atomic mass is 10.1. The van der Waals surface area contributed by atoms with Crippen LogP contribution >= 0.6 is 0 Å². The number of rotatable bonds is 3. The van der Waals surface area contributed by atoms with E-state index in [-0.39, 0.29) is 5.82 Å². The first-order valence-electron chi connectivity index (χ1n) is 6.31. The largest absolute Gasteiger partial charge is 0.399 e. The minimum Gasteiger partial charge on any atom is -0.399 e. The van der Waals surface area contributed by atoms with E-state index in [1.807, 2.05) is 42.6 Å². The molecule has 2 aromatic carbocycles. The predicted molar refractivity (Wildman–Crippen MR) is 76.5 cm³/mol. The molecule has 0 saturated heterocycles. The number of nitrogens with zero attached hydrogens (tertiary/aromatic N) is 1. The van der Waals surface area contributed by atoms with Crippen molar-refractivity contribution >= 4 is 16.6 Å². The summed E-state index contributed by atoms with van der Waals surface area (Å²) in [5, 5.41) is 1.07. The van der Waals surface area contributed by atoms with E-state index in [2.05, 4.69) is 4.57 Å². The summed E-state index contributed by atoms with van der Waals surface area (Å²) in [6.07, 6.45) is 2.90. The van der Waals surface area contributed by atoms with Gasteiger partial charge in [-0.3, -0.25) is 0 Å². The molecule has 2 nitrogen and oxygen atoms in total. The molecule has 0 radical (unpaired) electrons. The molecule has 0 bridgehead atoms. The first kappa shape index (κ1) is 11.8. The standard InChI is InChI=1S/C16H15FN2/c17-14-4-3-13-8-10-19(16(13)11-14)9-7-12-1-5-15(18)6-2-12/h1-6,8,10-11H,7,9,18H2. The van der Waals surface area contributed by atoms with E-state index in [9.17, 15) is 4.39 Å². The molecule has 1 heterocycles. The van der Waals surface area contributed by atoms with Crippen molar-refractivity contribution in [2.24, 2.45) is 0 Å². The van der Waals surface area contributed by atoms with Gasteiger partial charge in [0.15, 0.2) is 0 Å². The molecule has 0 aliphatic rings. The quantitative estimate of drug-likeness (QED) is 0.711. The summed E-state index contributed by atoms with van der Waals surface area (Å²) in [5.74, 6) is -0.195. The molecule has 0 unspecified atom stereocenters. The van der Waals surface area contributed by atoms with Gasteiger partial charge in [-0.15, -0.1) is 0 Å². The van der Waals surface area contributed by atoms with Gasteiger partial charge in [-0.2, -0.15) is 0 Å². The van der Waals surface area contributed by atoms with Crippen molar-refractivity contribution < 1.29 is 4.39 Å². The second-order valence-electron chi connectivity index (χ2n) is 4.70. The Morgan fingerprint density at radius 2 is 1.79 bits per heavy atom. The van der Waals surface area contributed by atoms with Crippen molar-refractivity contribution in [1.29, 1.82) is 0 Å². The van der Waals surface area contributed by atoms with E-state index in [0.717, 1.165) is 29.6 Å². The summed E-state index contributed by atoms with van der Waals surface area (Å²) in [7, 11) is 0. The van der Waals surface area contributed by atoms with Crippen LogP contribution in [-0.4, -0.2) is 4.57 Å². The molecule has 3 rings (SSSR count). The first-order valence-corrected chi connectivity index (χ1v) is 6.31. The van der Waals surface area contributed by atoms with Crippen molar-refractivity contribution in [2.75, 3.05) is 5.73 Å². The van der Waals surface area contributed by atoms with Crippen LogP contribution < -0.4 is 5.73 Å². The second-order valence-corrected chi connectivity index (χ2v) is 4.70. The number of fused-ring (bicyclic) bond motifs is 1. The summed E-state index contributed by atoms with van der Waals surface area (Å²) < 4.78 is 15.4. The highest BCUT2D eigenvalue weighted by Gasteiger charge is 2.02. The third kappa shape index (κ3) is 2.45. The number of nitrogen functional groups attached to an aromatic ring is 1. The van der Waals surface area contributed by atoms with Crippen LogP contribution in [0.4, 0.5) is 10.1 Å². The van der Waals surface area contributed by atoms with Crippen molar-refractivity contribution in [3.05, 3.63) is 66.1 Å². The van der Waals surface area contributed by atoms with Gasteiger partial charge in [0.1, 0.15) is 5.82 Å². The van der Waals surface area contributed by atoms with Gasteiger partial charge in [0, 0.05) is 18.4 Å². The Kier molecular flexibility index (Phi) is 2.95. The number of aromatic nitrogens is 1. The number of halogens is 1. The Bertz CT molecular complexity index is 698. The maximum Gasteiger partial charge on any atom is 0.125 e. The smallest absolute Gasteiger partial charge is 0.125 e. The fourth-order valence-electron chi connectivity index (χ4n) is 2.29. The Morgan fingerprint density at radius 3 is 2.58 bits per heavy atom. The normalized spacial score (nSPS) is 11.0. The first-order chi connectivity index (χ1) is 9.22. The lowest BCUT2D eigenvalue weighted by Gasteiger charge is -2.06. The molecule has 96 valence electrons. The maximum absolute atomic E-state index is 13.3. The Labute approximate surface area is 111 Å². The summed E-state index contributed by atoms with van der Waals surface area (Å²) in [5.41, 5.74) is 8.61. The highest BCUT2D eigenvalue weighted by molar-refractivity contribution is 5.80. The number of hydrogen-bond acceptors (Lipinski definition) is 1. The molecule has 0 saturated carbocycles. The molecular formula is C16H15FN2. The highest BCUT2D eigenvalue weighted by Crippen LogP contribution is 2.18. The third-order valence-electron chi connectivity index (χ3n) is 3.36. The van der Waals surface area contributed by atoms with E-state index in [1.54, 1.807) is 6.07 Å². The zero-order valence-electron chi connectivity index (χ0n) is 10.5. The van der Waals surface area contributed by atoms with E-state index in [1.165, 1.54) is 11.6 Å². The van der Waals surface area contributed by atoms with Crippen LogP contribution in [0.2, 0.25) is 0 Å². The molecule has 1 aromatic heterocycles. The number of hydrogen-bond donors (Lipinski definition) is 1. The van der Waals surface area contributed by atoms with Crippen LogP contribution in [0.15, 0.2) is 54.7 Å². The number of anilines is 1. The number of benzene rings is 2. The van der Waals surface area contributed by atoms with Gasteiger partial charge in [0.25, 0.3) is 0 Å². The van der Waals surface area contributed by atoms with Crippen molar-refractivity contribution in [1.82, 2.24) is 4.57 Å². The molecule has 0 aliphatic carbocycles. The SMILES string of the molecule is Nc1ccc(CCn2ccc3ccc(F)cc32)cc1. The fraction of sp³-hybridized carbons (Fsp3) is 0.125. The summed E-state index contributed by atoms with van der Waals surface area (Å²) >= 11 is 0. The van der Waals surface area contributed by atoms with Crippen molar-refractivity contribution in [3.8, 4) is 0 Å². The molecule has 0 aliphatic heterocycles. The molecule has 19 heavy (non-hydrogen) atoms. The lowest BCUT2D eigenvalue weighted by molar-refractivity contribution is 0.627. The topological polar surface area (TPSA) is 30.9 Å². The van der Waals surface area contributed by atoms with Gasteiger partial charge in [-0.05, 0) is 53.8 Å². The van der Waals surface area contributed by atoms with Crippen molar-refractivity contribution in [3.63, 3.8) is 0 Å². The molecule has 0 atom stereocenters. The molecule has 3 heteroatoms. The zero-order chi connectivity index (χ0) is 13.2. The van der Waals surface area contributed by atoms with E-state index in [0.29, 0.717) is 0 Å². The van der Waals surface area contributed by atoms with Crippen LogP contribution in [0, 0.1) is 5.82 Å².